The van der Waals surface area contributed by atoms with Crippen LogP contribution in [-0.4, -0.2) is 47.4 Å². The highest BCUT2D eigenvalue weighted by Crippen LogP contribution is 2.44. The fourth-order valence-corrected chi connectivity index (χ4v) is 3.81. The number of fused-ring (bicyclic) bond motifs is 1. The molecule has 0 saturated carbocycles. The van der Waals surface area contributed by atoms with E-state index in [1.54, 1.807) is 0 Å². The number of anilines is 1. The van der Waals surface area contributed by atoms with Crippen molar-refractivity contribution in [2.24, 2.45) is 0 Å². The third-order valence-corrected chi connectivity index (χ3v) is 6.00. The minimum atomic E-state index is -0.886. The number of nitrogens with one attached hydrogen (secondary N) is 1. The quantitative estimate of drug-likeness (QED) is 0.219. The van der Waals surface area contributed by atoms with Crippen molar-refractivity contribution in [2.75, 3.05) is 19.0 Å². The molecule has 0 aromatic heterocycles. The van der Waals surface area contributed by atoms with Gasteiger partial charge < -0.3 is 15.2 Å². The zero-order valence-corrected chi connectivity index (χ0v) is 17.9. The van der Waals surface area contributed by atoms with E-state index in [4.69, 9.17) is 46.4 Å². The van der Waals surface area contributed by atoms with Crippen molar-refractivity contribution in [3.05, 3.63) is 55.0 Å². The predicted molar refractivity (Wildman–Crippen MR) is 110 cm³/mol. The molecule has 12 heteroatoms. The van der Waals surface area contributed by atoms with Crippen molar-refractivity contribution in [3.63, 3.8) is 0 Å². The molecular formula is C18H10Cl4N2O6. The molecule has 3 rings (SSSR count). The van der Waals surface area contributed by atoms with Crippen molar-refractivity contribution in [3.8, 4) is 5.75 Å². The fraction of sp³-hybridized carbons (Fsp3) is 0.111. The minimum absolute atomic E-state index is 0.123. The molecule has 2 aromatic rings. The van der Waals surface area contributed by atoms with Crippen LogP contribution in [0.4, 0.5) is 5.69 Å². The highest BCUT2D eigenvalue weighted by Gasteiger charge is 2.42. The number of nitrogens with zero attached hydrogens (tertiary/aromatic N) is 1. The summed E-state index contributed by atoms with van der Waals surface area (Å²) < 4.78 is 4.53. The number of carbonyl (C=O) groups is 4. The highest BCUT2D eigenvalue weighted by atomic mass is 35.5. The summed E-state index contributed by atoms with van der Waals surface area (Å²) in [5.41, 5.74) is -0.825. The monoisotopic (exact) mass is 490 g/mol. The number of ether oxygens (including phenoxy) is 1. The van der Waals surface area contributed by atoms with Crippen LogP contribution in [0.1, 0.15) is 31.1 Å². The number of esters is 1. The third-order valence-electron chi connectivity index (χ3n) is 4.20. The smallest absolute Gasteiger partial charge is 0.341 e. The molecule has 0 bridgehead atoms. The highest BCUT2D eigenvalue weighted by molar-refractivity contribution is 6.55. The minimum Gasteiger partial charge on any atom is -0.505 e. The average molecular weight is 492 g/mol. The van der Waals surface area contributed by atoms with Crippen molar-refractivity contribution in [1.29, 1.82) is 0 Å². The number of imide groups is 1. The van der Waals surface area contributed by atoms with Crippen LogP contribution < -0.4 is 5.32 Å². The maximum Gasteiger partial charge on any atom is 0.341 e. The second-order valence-corrected chi connectivity index (χ2v) is 7.46. The third kappa shape index (κ3) is 3.56. The van der Waals surface area contributed by atoms with Crippen molar-refractivity contribution < 1.29 is 29.0 Å². The van der Waals surface area contributed by atoms with Crippen LogP contribution in [0, 0.1) is 0 Å². The van der Waals surface area contributed by atoms with E-state index in [0.717, 1.165) is 7.11 Å². The van der Waals surface area contributed by atoms with Crippen LogP contribution in [0.25, 0.3) is 0 Å². The first kappa shape index (κ1) is 22.2. The summed E-state index contributed by atoms with van der Waals surface area (Å²) in [6.07, 6.45) is 0. The maximum atomic E-state index is 12.7. The van der Waals surface area contributed by atoms with E-state index >= 15 is 0 Å². The summed E-state index contributed by atoms with van der Waals surface area (Å²) in [5.74, 6) is -3.97. The number of hydrogen-bond acceptors (Lipinski definition) is 6. The Kier molecular flexibility index (Phi) is 6.14. The molecule has 8 nitrogen and oxygen atoms in total. The van der Waals surface area contributed by atoms with Crippen LogP contribution in [0.2, 0.25) is 20.1 Å². The van der Waals surface area contributed by atoms with Gasteiger partial charge in [0.15, 0.2) is 5.75 Å². The molecule has 1 aliphatic rings. The zero-order valence-electron chi connectivity index (χ0n) is 14.9. The van der Waals surface area contributed by atoms with Gasteiger partial charge in [-0.15, -0.1) is 0 Å². The molecule has 3 amide bonds. The molecule has 1 aliphatic heterocycles. The van der Waals surface area contributed by atoms with Gasteiger partial charge in [0.05, 0.1) is 44.0 Å². The maximum absolute atomic E-state index is 12.7. The Bertz CT molecular complexity index is 1090. The second-order valence-electron chi connectivity index (χ2n) is 5.94. The second kappa shape index (κ2) is 8.31. The molecule has 2 aromatic carbocycles. The topological polar surface area (TPSA) is 113 Å². The van der Waals surface area contributed by atoms with Crippen LogP contribution in [0.15, 0.2) is 18.2 Å². The molecule has 156 valence electrons. The Balaban J connectivity index is 1.86. The van der Waals surface area contributed by atoms with Crippen molar-refractivity contribution in [1.82, 2.24) is 4.90 Å². The van der Waals surface area contributed by atoms with E-state index in [0.29, 0.717) is 4.90 Å². The summed E-state index contributed by atoms with van der Waals surface area (Å²) in [5, 5.41) is 11.6. The molecule has 0 saturated heterocycles. The number of hydrogen-bond donors (Lipinski definition) is 2. The van der Waals surface area contributed by atoms with Gasteiger partial charge in [-0.3, -0.25) is 19.3 Å². The first-order chi connectivity index (χ1) is 14.1. The number of rotatable bonds is 4. The lowest BCUT2D eigenvalue weighted by Crippen LogP contribution is -2.37. The largest absolute Gasteiger partial charge is 0.505 e. The standard InChI is InChI=1S/C18H10Cl4N2O6/c1-30-18(29)6-3-2-4-7(15(6)26)23-8(25)5-24-16(27)9-10(17(24)28)12(20)14(22)13(21)11(9)19/h2-4,26H,5H2,1H3,(H,23,25). The van der Waals surface area contributed by atoms with Crippen LogP contribution in [0.3, 0.4) is 0 Å². The number of phenols is 1. The number of aromatic hydroxyl groups is 1. The molecule has 1 heterocycles. The normalized spacial score (nSPS) is 12.8. The Hall–Kier alpha value is -2.52. The molecule has 0 radical (unpaired) electrons. The molecule has 0 spiro atoms. The van der Waals surface area contributed by atoms with Gasteiger partial charge in [0.2, 0.25) is 5.91 Å². The first-order valence-electron chi connectivity index (χ1n) is 8.02. The Labute approximate surface area is 189 Å². The van der Waals surface area contributed by atoms with Gasteiger partial charge in [0.1, 0.15) is 12.1 Å². The van der Waals surface area contributed by atoms with E-state index in [-0.39, 0.29) is 42.5 Å². The Morgan fingerprint density at radius 1 is 1.00 bits per heavy atom. The lowest BCUT2D eigenvalue weighted by Gasteiger charge is -2.15. The molecule has 30 heavy (non-hydrogen) atoms. The summed E-state index contributed by atoms with van der Waals surface area (Å²) in [6.45, 7) is -0.726. The lowest BCUT2D eigenvalue weighted by atomic mass is 10.1. The Morgan fingerprint density at radius 2 is 1.53 bits per heavy atom. The lowest BCUT2D eigenvalue weighted by molar-refractivity contribution is -0.116. The number of halogens is 4. The molecular weight excluding hydrogens is 482 g/mol. The number of phenolic OH excluding ortho intramolecular Hbond substituents is 1. The van der Waals surface area contributed by atoms with Crippen LogP contribution >= 0.6 is 46.4 Å². The van der Waals surface area contributed by atoms with Gasteiger partial charge in [0.25, 0.3) is 11.8 Å². The van der Waals surface area contributed by atoms with E-state index in [1.807, 2.05) is 0 Å². The Morgan fingerprint density at radius 3 is 2.03 bits per heavy atom. The van der Waals surface area contributed by atoms with Gasteiger partial charge in [0, 0.05) is 0 Å². The van der Waals surface area contributed by atoms with E-state index < -0.39 is 36.0 Å². The van der Waals surface area contributed by atoms with Crippen LogP contribution in [0.5, 0.6) is 5.75 Å². The summed E-state index contributed by atoms with van der Waals surface area (Å²) in [4.78, 5) is 50.0. The predicted octanol–water partition coefficient (Wildman–Crippen LogP) is 4.03. The summed E-state index contributed by atoms with van der Waals surface area (Å²) >= 11 is 23.9. The number of benzene rings is 2. The SMILES string of the molecule is COC(=O)c1cccc(NC(=O)CN2C(=O)c3c(Cl)c(Cl)c(Cl)c(Cl)c3C2=O)c1O. The zero-order chi connectivity index (χ0) is 22.3. The van der Waals surface area contributed by atoms with E-state index in [2.05, 4.69) is 10.1 Å². The number of amides is 3. The molecule has 0 unspecified atom stereocenters. The molecule has 0 atom stereocenters. The van der Waals surface area contributed by atoms with Crippen LogP contribution in [-0.2, 0) is 9.53 Å². The van der Waals surface area contributed by atoms with Crippen molar-refractivity contribution >= 4 is 75.8 Å². The fourth-order valence-electron chi connectivity index (χ4n) is 2.79. The summed E-state index contributed by atoms with van der Waals surface area (Å²) in [6, 6.07) is 4.00. The number of carbonyl (C=O) groups excluding carboxylic acids is 4. The number of methoxy groups -OCH3 is 1. The van der Waals surface area contributed by atoms with Gasteiger partial charge in [-0.2, -0.15) is 0 Å². The van der Waals surface area contributed by atoms with Gasteiger partial charge in [-0.25, -0.2) is 4.79 Å². The molecule has 2 N–H and O–H groups in total. The first-order valence-corrected chi connectivity index (χ1v) is 9.53. The molecule has 0 fully saturated rings. The van der Waals surface area contributed by atoms with Gasteiger partial charge >= 0.3 is 5.97 Å². The van der Waals surface area contributed by atoms with E-state index in [1.165, 1.54) is 18.2 Å². The molecule has 0 aliphatic carbocycles. The number of para-hydroxylation sites is 1. The average Bonchev–Trinajstić information content (AvgIpc) is 2.96. The van der Waals surface area contributed by atoms with Gasteiger partial charge in [-0.1, -0.05) is 52.5 Å². The summed E-state index contributed by atoms with van der Waals surface area (Å²) in [7, 11) is 1.13. The van der Waals surface area contributed by atoms with Crippen molar-refractivity contribution in [2.45, 2.75) is 0 Å². The van der Waals surface area contributed by atoms with E-state index in [9.17, 15) is 24.3 Å². The van der Waals surface area contributed by atoms with Gasteiger partial charge in [-0.05, 0) is 12.1 Å².